The fourth-order valence-electron chi connectivity index (χ4n) is 2.43. The molecule has 1 saturated heterocycles. The van der Waals surface area contributed by atoms with E-state index in [1.807, 2.05) is 0 Å². The molecular weight excluding hydrogens is 290 g/mol. The third-order valence-corrected chi connectivity index (χ3v) is 5.96. The van der Waals surface area contributed by atoms with Crippen molar-refractivity contribution in [3.63, 3.8) is 0 Å². The van der Waals surface area contributed by atoms with Crippen LogP contribution in [0.2, 0.25) is 0 Å². The van der Waals surface area contributed by atoms with Crippen LogP contribution in [0.25, 0.3) is 0 Å². The van der Waals surface area contributed by atoms with Crippen molar-refractivity contribution in [3.8, 4) is 0 Å². The van der Waals surface area contributed by atoms with Gasteiger partial charge in [-0.25, -0.2) is 4.72 Å². The van der Waals surface area contributed by atoms with Gasteiger partial charge in [0.2, 0.25) is 0 Å². The minimum Gasteiger partial charge on any atom is -0.381 e. The Kier molecular flexibility index (Phi) is 6.02. The lowest BCUT2D eigenvalue weighted by atomic mass is 9.83. The Labute approximate surface area is 128 Å². The highest BCUT2D eigenvalue weighted by atomic mass is 32.2. The van der Waals surface area contributed by atoms with Gasteiger partial charge in [-0.1, -0.05) is 6.92 Å². The van der Waals surface area contributed by atoms with Gasteiger partial charge < -0.3 is 10.1 Å². The molecule has 0 atom stereocenters. The van der Waals surface area contributed by atoms with E-state index < -0.39 is 10.2 Å². The van der Waals surface area contributed by atoms with Crippen molar-refractivity contribution in [1.82, 2.24) is 14.3 Å². The van der Waals surface area contributed by atoms with E-state index in [2.05, 4.69) is 17.0 Å². The van der Waals surface area contributed by atoms with E-state index >= 15 is 0 Å². The third kappa shape index (κ3) is 5.83. The van der Waals surface area contributed by atoms with Gasteiger partial charge in [0.1, 0.15) is 0 Å². The Bertz CT molecular complexity index is 417. The largest absolute Gasteiger partial charge is 0.381 e. The van der Waals surface area contributed by atoms with E-state index in [1.54, 1.807) is 7.05 Å². The summed E-state index contributed by atoms with van der Waals surface area (Å²) in [6, 6.07) is 0.679. The topological polar surface area (TPSA) is 70.7 Å². The van der Waals surface area contributed by atoms with Crippen LogP contribution in [0.15, 0.2) is 0 Å². The molecule has 0 aromatic carbocycles. The number of rotatable bonds is 9. The highest BCUT2D eigenvalue weighted by Gasteiger charge is 2.29. The molecule has 7 heteroatoms. The van der Waals surface area contributed by atoms with Crippen LogP contribution in [0.5, 0.6) is 0 Å². The van der Waals surface area contributed by atoms with Crippen LogP contribution in [-0.4, -0.2) is 58.7 Å². The summed E-state index contributed by atoms with van der Waals surface area (Å²) in [6.07, 6.45) is 5.18. The lowest BCUT2D eigenvalue weighted by molar-refractivity contribution is 0.0263. The van der Waals surface area contributed by atoms with Crippen molar-refractivity contribution in [2.24, 2.45) is 5.41 Å². The van der Waals surface area contributed by atoms with Gasteiger partial charge in [0.25, 0.3) is 10.2 Å². The number of nitrogens with zero attached hydrogens (tertiary/aromatic N) is 1. The predicted octanol–water partition coefficient (Wildman–Crippen LogP) is 0.711. The smallest absolute Gasteiger partial charge is 0.279 e. The van der Waals surface area contributed by atoms with Crippen molar-refractivity contribution in [2.75, 3.05) is 39.9 Å². The Balaban J connectivity index is 1.68. The third-order valence-electron chi connectivity index (χ3n) is 4.45. The highest BCUT2D eigenvalue weighted by molar-refractivity contribution is 7.87. The molecule has 1 heterocycles. The first-order valence-electron chi connectivity index (χ1n) is 7.93. The molecule has 0 amide bonds. The molecule has 2 N–H and O–H groups in total. The summed E-state index contributed by atoms with van der Waals surface area (Å²) < 4.78 is 34.0. The summed E-state index contributed by atoms with van der Waals surface area (Å²) in [5.41, 5.74) is 0.0136. The molecule has 2 fully saturated rings. The zero-order valence-electron chi connectivity index (χ0n) is 13.2. The van der Waals surface area contributed by atoms with Gasteiger partial charge in [0, 0.05) is 39.4 Å². The standard InChI is InChI=1S/C14H29N3O3S/c1-14(6-10-20-11-7-14)12-16-21(18,19)17(2)9-3-8-15-13-4-5-13/h13,15-16H,3-12H2,1-2H3. The van der Waals surface area contributed by atoms with E-state index in [0.717, 1.165) is 39.0 Å². The minimum atomic E-state index is -3.37. The maximum atomic E-state index is 12.2. The van der Waals surface area contributed by atoms with Gasteiger partial charge in [-0.05, 0) is 44.1 Å². The summed E-state index contributed by atoms with van der Waals surface area (Å²) in [5, 5.41) is 3.40. The summed E-state index contributed by atoms with van der Waals surface area (Å²) >= 11 is 0. The second-order valence-electron chi connectivity index (χ2n) is 6.65. The Morgan fingerprint density at radius 1 is 1.29 bits per heavy atom. The van der Waals surface area contributed by atoms with Crippen LogP contribution in [0, 0.1) is 5.41 Å². The SMILES string of the molecule is CN(CCCNC1CC1)S(=O)(=O)NCC1(C)CCOCC1. The predicted molar refractivity (Wildman–Crippen MR) is 83.4 cm³/mol. The average Bonchev–Trinajstić information content (AvgIpc) is 3.26. The van der Waals surface area contributed by atoms with Crippen molar-refractivity contribution in [3.05, 3.63) is 0 Å². The first kappa shape index (κ1) is 17.1. The van der Waals surface area contributed by atoms with Crippen LogP contribution in [0.1, 0.15) is 39.0 Å². The molecule has 0 bridgehead atoms. The van der Waals surface area contributed by atoms with Crippen molar-refractivity contribution < 1.29 is 13.2 Å². The molecule has 2 rings (SSSR count). The first-order chi connectivity index (χ1) is 9.91. The van der Waals surface area contributed by atoms with Crippen LogP contribution in [0.4, 0.5) is 0 Å². The molecule has 2 aliphatic rings. The maximum Gasteiger partial charge on any atom is 0.279 e. The molecule has 0 radical (unpaired) electrons. The normalized spacial score (nSPS) is 22.6. The molecule has 21 heavy (non-hydrogen) atoms. The Morgan fingerprint density at radius 3 is 2.57 bits per heavy atom. The van der Waals surface area contributed by atoms with E-state index in [4.69, 9.17) is 4.74 Å². The van der Waals surface area contributed by atoms with Gasteiger partial charge in [-0.15, -0.1) is 0 Å². The lowest BCUT2D eigenvalue weighted by Gasteiger charge is -2.34. The Morgan fingerprint density at radius 2 is 1.95 bits per heavy atom. The number of hydrogen-bond acceptors (Lipinski definition) is 4. The zero-order valence-corrected chi connectivity index (χ0v) is 14.0. The molecule has 1 aliphatic carbocycles. The van der Waals surface area contributed by atoms with Gasteiger partial charge in [0.05, 0.1) is 0 Å². The van der Waals surface area contributed by atoms with E-state index in [0.29, 0.717) is 19.1 Å². The molecular formula is C14H29N3O3S. The highest BCUT2D eigenvalue weighted by Crippen LogP contribution is 2.28. The van der Waals surface area contributed by atoms with Crippen molar-refractivity contribution >= 4 is 10.2 Å². The second kappa shape index (κ2) is 7.37. The van der Waals surface area contributed by atoms with Crippen LogP contribution >= 0.6 is 0 Å². The molecule has 1 saturated carbocycles. The summed E-state index contributed by atoms with van der Waals surface area (Å²) in [4.78, 5) is 0. The van der Waals surface area contributed by atoms with E-state index in [9.17, 15) is 8.42 Å². The van der Waals surface area contributed by atoms with Crippen molar-refractivity contribution in [1.29, 1.82) is 0 Å². The lowest BCUT2D eigenvalue weighted by Crippen LogP contribution is -2.45. The number of ether oxygens (including phenoxy) is 1. The van der Waals surface area contributed by atoms with Gasteiger partial charge in [-0.3, -0.25) is 0 Å². The molecule has 0 aromatic rings. The number of nitrogens with one attached hydrogen (secondary N) is 2. The summed E-state index contributed by atoms with van der Waals surface area (Å²) in [5.74, 6) is 0. The minimum absolute atomic E-state index is 0.0136. The van der Waals surface area contributed by atoms with Gasteiger partial charge >= 0.3 is 0 Å². The van der Waals surface area contributed by atoms with Crippen LogP contribution < -0.4 is 10.0 Å². The maximum absolute atomic E-state index is 12.2. The van der Waals surface area contributed by atoms with E-state index in [1.165, 1.54) is 17.1 Å². The fourth-order valence-corrected chi connectivity index (χ4v) is 3.55. The monoisotopic (exact) mass is 319 g/mol. The molecule has 124 valence electrons. The summed E-state index contributed by atoms with van der Waals surface area (Å²) in [7, 11) is -1.72. The van der Waals surface area contributed by atoms with Gasteiger partial charge in [-0.2, -0.15) is 12.7 Å². The zero-order chi connectivity index (χ0) is 15.3. The average molecular weight is 319 g/mol. The summed E-state index contributed by atoms with van der Waals surface area (Å²) in [6.45, 7) is 5.50. The quantitative estimate of drug-likeness (QED) is 0.614. The van der Waals surface area contributed by atoms with Gasteiger partial charge in [0.15, 0.2) is 0 Å². The van der Waals surface area contributed by atoms with Crippen LogP contribution in [-0.2, 0) is 14.9 Å². The molecule has 0 unspecified atom stereocenters. The number of hydrogen-bond donors (Lipinski definition) is 2. The Hall–Kier alpha value is -0.210. The van der Waals surface area contributed by atoms with Crippen molar-refractivity contribution in [2.45, 2.75) is 45.1 Å². The first-order valence-corrected chi connectivity index (χ1v) is 9.37. The van der Waals surface area contributed by atoms with Crippen LogP contribution in [0.3, 0.4) is 0 Å². The molecule has 6 nitrogen and oxygen atoms in total. The fraction of sp³-hybridized carbons (Fsp3) is 1.00. The second-order valence-corrected chi connectivity index (χ2v) is 8.51. The molecule has 0 spiro atoms. The van der Waals surface area contributed by atoms with E-state index in [-0.39, 0.29) is 5.41 Å². The molecule has 1 aliphatic heterocycles. The molecule has 0 aromatic heterocycles.